The van der Waals surface area contributed by atoms with Crippen molar-refractivity contribution >= 4 is 22.8 Å². The third-order valence-corrected chi connectivity index (χ3v) is 4.71. The minimum atomic E-state index is -1.21. The van der Waals surface area contributed by atoms with E-state index in [1.54, 1.807) is 0 Å². The smallest absolute Gasteiger partial charge is 0.332 e. The molecule has 0 saturated heterocycles. The zero-order valence-corrected chi connectivity index (χ0v) is 15.2. The Labute approximate surface area is 155 Å². The third kappa shape index (κ3) is 5.56. The quantitative estimate of drug-likeness (QED) is 0.466. The van der Waals surface area contributed by atoms with Gasteiger partial charge >= 0.3 is 5.97 Å². The Kier molecular flexibility index (Phi) is 7.64. The van der Waals surface area contributed by atoms with Gasteiger partial charge in [0.15, 0.2) is 5.54 Å². The van der Waals surface area contributed by atoms with Gasteiger partial charge in [0.1, 0.15) is 28.8 Å². The highest BCUT2D eigenvalue weighted by Gasteiger charge is 2.39. The van der Waals surface area contributed by atoms with Gasteiger partial charge in [-0.3, -0.25) is 4.99 Å². The minimum absolute atomic E-state index is 0.0178. The Balaban J connectivity index is 1.82. The molecule has 0 spiro atoms. The van der Waals surface area contributed by atoms with Crippen molar-refractivity contribution in [2.75, 3.05) is 45.4 Å². The molecule has 0 unspecified atom stereocenters. The second-order valence-electron chi connectivity index (χ2n) is 5.62. The number of hydrogen-bond donors (Lipinski definition) is 3. The number of aromatic nitrogens is 1. The number of rotatable bonds is 11. The molecule has 0 saturated carbocycles. The average molecular weight is 386 g/mol. The lowest BCUT2D eigenvalue weighted by molar-refractivity contribution is -0.141. The van der Waals surface area contributed by atoms with Crippen LogP contribution in [0.5, 0.6) is 11.5 Å². The highest BCUT2D eigenvalue weighted by molar-refractivity contribution is 8.14. The van der Waals surface area contributed by atoms with Gasteiger partial charge in [-0.05, 0) is 6.92 Å². The molecule has 1 atom stereocenters. The van der Waals surface area contributed by atoms with Gasteiger partial charge < -0.3 is 29.5 Å². The highest BCUT2D eigenvalue weighted by atomic mass is 32.2. The first kappa shape index (κ1) is 20.4. The van der Waals surface area contributed by atoms with Gasteiger partial charge in [-0.25, -0.2) is 9.78 Å². The van der Waals surface area contributed by atoms with Crippen molar-refractivity contribution in [3.8, 4) is 11.5 Å². The molecule has 1 aliphatic heterocycles. The number of pyridine rings is 1. The molecule has 0 aliphatic carbocycles. The molecule has 1 aliphatic rings. The number of carbonyl (C=O) groups is 1. The number of aromatic hydroxyl groups is 1. The van der Waals surface area contributed by atoms with Gasteiger partial charge in [0.2, 0.25) is 0 Å². The maximum Gasteiger partial charge on any atom is 0.332 e. The van der Waals surface area contributed by atoms with Gasteiger partial charge in [0, 0.05) is 11.8 Å². The Hall–Kier alpha value is -1.88. The van der Waals surface area contributed by atoms with E-state index in [2.05, 4.69) is 9.98 Å². The van der Waals surface area contributed by atoms with Crippen molar-refractivity contribution < 1.29 is 34.3 Å². The minimum Gasteiger partial charge on any atom is -0.505 e. The lowest BCUT2D eigenvalue weighted by Crippen LogP contribution is -2.33. The van der Waals surface area contributed by atoms with Crippen LogP contribution < -0.4 is 4.74 Å². The van der Waals surface area contributed by atoms with Crippen LogP contribution in [0, 0.1) is 0 Å². The van der Waals surface area contributed by atoms with E-state index < -0.39 is 11.5 Å². The maximum absolute atomic E-state index is 11.2. The van der Waals surface area contributed by atoms with Crippen LogP contribution in [0.15, 0.2) is 17.3 Å². The average Bonchev–Trinajstić information content (AvgIpc) is 3.01. The zero-order valence-electron chi connectivity index (χ0n) is 14.4. The summed E-state index contributed by atoms with van der Waals surface area (Å²) in [5, 5.41) is 28.3. The van der Waals surface area contributed by atoms with Crippen molar-refractivity contribution in [2.45, 2.75) is 12.5 Å². The molecular formula is C16H22N2O7S. The molecular weight excluding hydrogens is 364 g/mol. The number of aliphatic imine (C=N–C) groups is 1. The molecule has 0 bridgehead atoms. The van der Waals surface area contributed by atoms with Crippen LogP contribution in [0.25, 0.3) is 0 Å². The molecule has 144 valence electrons. The van der Waals surface area contributed by atoms with E-state index in [4.69, 9.17) is 19.3 Å². The summed E-state index contributed by atoms with van der Waals surface area (Å²) in [5.41, 5.74) is -0.966. The fourth-order valence-electron chi connectivity index (χ4n) is 2.01. The second-order valence-corrected chi connectivity index (χ2v) is 6.58. The summed E-state index contributed by atoms with van der Waals surface area (Å²) >= 11 is 1.24. The molecule has 1 aromatic heterocycles. The number of carboxylic acids is 1. The van der Waals surface area contributed by atoms with E-state index in [1.165, 1.54) is 30.9 Å². The summed E-state index contributed by atoms with van der Waals surface area (Å²) in [6.45, 7) is 3.19. The fraction of sp³-hybridized carbons (Fsp3) is 0.562. The van der Waals surface area contributed by atoms with E-state index in [0.29, 0.717) is 30.6 Å². The summed E-state index contributed by atoms with van der Waals surface area (Å²) in [7, 11) is 0. The molecule has 2 heterocycles. The molecule has 26 heavy (non-hydrogen) atoms. The zero-order chi connectivity index (χ0) is 19.0. The predicted octanol–water partition coefficient (Wildman–Crippen LogP) is 0.528. The normalized spacial score (nSPS) is 19.4. The van der Waals surface area contributed by atoms with Crippen LogP contribution in [0.3, 0.4) is 0 Å². The van der Waals surface area contributed by atoms with Crippen molar-refractivity contribution in [1.29, 1.82) is 0 Å². The molecule has 0 radical (unpaired) electrons. The van der Waals surface area contributed by atoms with Crippen molar-refractivity contribution in [3.05, 3.63) is 18.0 Å². The fourth-order valence-corrected chi connectivity index (χ4v) is 3.18. The van der Waals surface area contributed by atoms with E-state index in [0.717, 1.165) is 0 Å². The van der Waals surface area contributed by atoms with Gasteiger partial charge in [0.25, 0.3) is 0 Å². The Morgan fingerprint density at radius 3 is 2.58 bits per heavy atom. The largest absolute Gasteiger partial charge is 0.505 e. The number of ether oxygens (including phenoxy) is 3. The third-order valence-electron chi connectivity index (χ3n) is 3.45. The van der Waals surface area contributed by atoms with E-state index in [1.807, 2.05) is 0 Å². The van der Waals surface area contributed by atoms with E-state index >= 15 is 0 Å². The van der Waals surface area contributed by atoms with Crippen molar-refractivity contribution in [2.24, 2.45) is 4.99 Å². The van der Waals surface area contributed by atoms with Crippen molar-refractivity contribution in [3.63, 3.8) is 0 Å². The summed E-state index contributed by atoms with van der Waals surface area (Å²) in [5.74, 6) is -0.477. The Morgan fingerprint density at radius 1 is 1.27 bits per heavy atom. The second kappa shape index (κ2) is 9.72. The predicted molar refractivity (Wildman–Crippen MR) is 95.2 cm³/mol. The molecule has 10 heteroatoms. The summed E-state index contributed by atoms with van der Waals surface area (Å²) in [4.78, 5) is 19.5. The lowest BCUT2D eigenvalue weighted by Gasteiger charge is -2.11. The number of hydrogen-bond acceptors (Lipinski definition) is 9. The van der Waals surface area contributed by atoms with Crippen LogP contribution in [0.1, 0.15) is 12.6 Å². The summed E-state index contributed by atoms with van der Waals surface area (Å²) < 4.78 is 15.8. The topological polar surface area (TPSA) is 131 Å². The first-order chi connectivity index (χ1) is 12.5. The molecule has 2 rings (SSSR count). The molecule has 0 fully saturated rings. The molecule has 1 aromatic rings. The highest BCUT2D eigenvalue weighted by Crippen LogP contribution is 2.34. The van der Waals surface area contributed by atoms with Gasteiger partial charge in [0.05, 0.1) is 39.2 Å². The molecule has 0 amide bonds. The van der Waals surface area contributed by atoms with Gasteiger partial charge in [-0.1, -0.05) is 0 Å². The lowest BCUT2D eigenvalue weighted by atomic mass is 10.1. The van der Waals surface area contributed by atoms with Gasteiger partial charge in [-0.2, -0.15) is 0 Å². The monoisotopic (exact) mass is 386 g/mol. The van der Waals surface area contributed by atoms with E-state index in [-0.39, 0.29) is 37.0 Å². The van der Waals surface area contributed by atoms with Crippen molar-refractivity contribution in [1.82, 2.24) is 4.98 Å². The first-order valence-electron chi connectivity index (χ1n) is 8.01. The number of aliphatic hydroxyl groups excluding tert-OH is 1. The van der Waals surface area contributed by atoms with Gasteiger partial charge in [-0.15, -0.1) is 11.8 Å². The molecule has 9 nitrogen and oxygen atoms in total. The van der Waals surface area contributed by atoms with E-state index in [9.17, 15) is 15.0 Å². The number of aliphatic carboxylic acids is 1. The number of nitrogens with zero attached hydrogens (tertiary/aromatic N) is 2. The first-order valence-corrected chi connectivity index (χ1v) is 8.99. The van der Waals surface area contributed by atoms with Crippen LogP contribution in [-0.4, -0.2) is 82.2 Å². The van der Waals surface area contributed by atoms with Crippen LogP contribution in [0.2, 0.25) is 0 Å². The van der Waals surface area contributed by atoms with Crippen LogP contribution in [0.4, 0.5) is 0 Å². The SMILES string of the molecule is C[C@]1(C(=O)O)CSC(c2ncc(OCCOCCOCCO)cc2O)=N1. The number of carboxylic acid groups (broad SMARTS) is 1. The maximum atomic E-state index is 11.2. The molecule has 3 N–H and O–H groups in total. The Morgan fingerprint density at radius 2 is 1.96 bits per heavy atom. The summed E-state index contributed by atoms with van der Waals surface area (Å²) in [6, 6.07) is 1.41. The number of aliphatic hydroxyl groups is 1. The summed E-state index contributed by atoms with van der Waals surface area (Å²) in [6.07, 6.45) is 1.44. The standard InChI is InChI=1S/C16H22N2O7S/c1-16(15(21)22)10-26-14(18-16)13-12(20)8-11(9-17-13)25-7-6-24-5-4-23-3-2-19/h8-9,19-20H,2-7,10H2,1H3,(H,21,22)/t16-/m1/s1. The van der Waals surface area contributed by atoms with Crippen LogP contribution in [-0.2, 0) is 14.3 Å². The number of thioether (sulfide) groups is 1. The Bertz CT molecular complexity index is 655. The molecule has 0 aromatic carbocycles. The van der Waals surface area contributed by atoms with Crippen LogP contribution >= 0.6 is 11.8 Å².